The van der Waals surface area contributed by atoms with Crippen LogP contribution in [0.5, 0.6) is 5.75 Å². The van der Waals surface area contributed by atoms with Crippen LogP contribution in [0.1, 0.15) is 17.4 Å². The lowest BCUT2D eigenvalue weighted by Crippen LogP contribution is -2.28. The molecule has 1 aromatic heterocycles. The highest BCUT2D eigenvalue weighted by Crippen LogP contribution is 2.38. The summed E-state index contributed by atoms with van der Waals surface area (Å²) >= 11 is 0. The molecule has 2 N–H and O–H groups in total. The number of para-hydroxylation sites is 1. The number of rotatable bonds is 1. The Labute approximate surface area is 104 Å². The Morgan fingerprint density at radius 2 is 1.89 bits per heavy atom. The first-order valence-electron chi connectivity index (χ1n) is 5.62. The van der Waals surface area contributed by atoms with Crippen molar-refractivity contribution in [1.82, 2.24) is 0 Å². The molecule has 3 rings (SSSR count). The lowest BCUT2D eigenvalue weighted by atomic mass is 9.97. The molecule has 0 saturated heterocycles. The van der Waals surface area contributed by atoms with Crippen LogP contribution in [0.3, 0.4) is 0 Å². The van der Waals surface area contributed by atoms with E-state index >= 15 is 0 Å². The summed E-state index contributed by atoms with van der Waals surface area (Å²) in [4.78, 5) is 0. The van der Waals surface area contributed by atoms with Gasteiger partial charge in [0.2, 0.25) is 6.29 Å². The Morgan fingerprint density at radius 3 is 2.67 bits per heavy atom. The number of aliphatic hydroxyl groups excluding tert-OH is 2. The summed E-state index contributed by atoms with van der Waals surface area (Å²) in [6.45, 7) is 0. The van der Waals surface area contributed by atoms with Crippen LogP contribution in [-0.2, 0) is 0 Å². The Hall–Kier alpha value is -2.04. The SMILES string of the molecule is OC1Oc2ccccc2C(O)/C1=C/c1ccco1. The Balaban J connectivity index is 2.03. The standard InChI is InChI=1S/C14H12O4/c15-13-10-5-1-2-6-12(10)18-14(16)11(13)8-9-4-3-7-17-9/h1-8,13-16H/b11-8-. The number of furan rings is 1. The Morgan fingerprint density at radius 1 is 1.06 bits per heavy atom. The van der Waals surface area contributed by atoms with Crippen molar-refractivity contribution in [3.63, 3.8) is 0 Å². The molecule has 2 aromatic rings. The highest BCUT2D eigenvalue weighted by atomic mass is 16.6. The van der Waals surface area contributed by atoms with Crippen molar-refractivity contribution in [2.75, 3.05) is 0 Å². The van der Waals surface area contributed by atoms with Gasteiger partial charge in [-0.25, -0.2) is 0 Å². The maximum atomic E-state index is 10.2. The van der Waals surface area contributed by atoms with Crippen molar-refractivity contribution < 1.29 is 19.4 Å². The lowest BCUT2D eigenvalue weighted by molar-refractivity contribution is -0.0179. The molecule has 0 saturated carbocycles. The van der Waals surface area contributed by atoms with Crippen LogP contribution in [0.15, 0.2) is 52.7 Å². The zero-order chi connectivity index (χ0) is 12.5. The number of aliphatic hydroxyl groups is 2. The summed E-state index contributed by atoms with van der Waals surface area (Å²) in [6.07, 6.45) is 1.06. The third kappa shape index (κ3) is 1.81. The molecule has 18 heavy (non-hydrogen) atoms. The van der Waals surface area contributed by atoms with Crippen molar-refractivity contribution in [2.45, 2.75) is 12.4 Å². The number of benzene rings is 1. The van der Waals surface area contributed by atoms with Gasteiger partial charge in [0.15, 0.2) is 0 Å². The topological polar surface area (TPSA) is 62.8 Å². The molecule has 1 aromatic carbocycles. The van der Waals surface area contributed by atoms with Gasteiger partial charge in [0.25, 0.3) is 0 Å². The minimum absolute atomic E-state index is 0.364. The quantitative estimate of drug-likeness (QED) is 0.806. The largest absolute Gasteiger partial charge is 0.465 e. The van der Waals surface area contributed by atoms with E-state index < -0.39 is 12.4 Å². The Bertz CT molecular complexity index is 571. The number of ether oxygens (including phenoxy) is 1. The molecule has 0 amide bonds. The summed E-state index contributed by atoms with van der Waals surface area (Å²) in [7, 11) is 0. The molecule has 2 unspecified atom stereocenters. The zero-order valence-electron chi connectivity index (χ0n) is 9.48. The van der Waals surface area contributed by atoms with Crippen molar-refractivity contribution in [1.29, 1.82) is 0 Å². The molecule has 4 heteroatoms. The first kappa shape index (κ1) is 11.1. The molecule has 2 heterocycles. The molecule has 4 nitrogen and oxygen atoms in total. The van der Waals surface area contributed by atoms with Gasteiger partial charge in [-0.15, -0.1) is 0 Å². The van der Waals surface area contributed by atoms with Gasteiger partial charge in [0.05, 0.1) is 6.26 Å². The van der Waals surface area contributed by atoms with E-state index in [9.17, 15) is 10.2 Å². The number of hydrogen-bond donors (Lipinski definition) is 2. The third-order valence-corrected chi connectivity index (χ3v) is 2.91. The van der Waals surface area contributed by atoms with Crippen LogP contribution in [-0.4, -0.2) is 16.5 Å². The molecule has 0 bridgehead atoms. The summed E-state index contributed by atoms with van der Waals surface area (Å²) in [6, 6.07) is 10.6. The summed E-state index contributed by atoms with van der Waals surface area (Å²) in [5, 5.41) is 20.1. The highest BCUT2D eigenvalue weighted by Gasteiger charge is 2.30. The monoisotopic (exact) mass is 244 g/mol. The fourth-order valence-electron chi connectivity index (χ4n) is 2.00. The average molecular weight is 244 g/mol. The average Bonchev–Trinajstić information content (AvgIpc) is 2.87. The molecule has 92 valence electrons. The second-order valence-corrected chi connectivity index (χ2v) is 4.07. The van der Waals surface area contributed by atoms with E-state index in [1.807, 2.05) is 6.07 Å². The minimum atomic E-state index is -1.17. The van der Waals surface area contributed by atoms with Crippen LogP contribution >= 0.6 is 0 Å². The molecule has 1 aliphatic heterocycles. The van der Waals surface area contributed by atoms with Gasteiger partial charge in [-0.05, 0) is 24.3 Å². The first-order valence-corrected chi connectivity index (χ1v) is 5.62. The fraction of sp³-hybridized carbons (Fsp3) is 0.143. The van der Waals surface area contributed by atoms with Gasteiger partial charge in [0.1, 0.15) is 17.6 Å². The van der Waals surface area contributed by atoms with Gasteiger partial charge in [-0.2, -0.15) is 0 Å². The molecule has 0 fully saturated rings. The third-order valence-electron chi connectivity index (χ3n) is 2.91. The zero-order valence-corrected chi connectivity index (χ0v) is 9.48. The van der Waals surface area contributed by atoms with Gasteiger partial charge in [-0.3, -0.25) is 0 Å². The summed E-state index contributed by atoms with van der Waals surface area (Å²) in [5.41, 5.74) is 1.00. The summed E-state index contributed by atoms with van der Waals surface area (Å²) < 4.78 is 10.5. The van der Waals surface area contributed by atoms with Crippen LogP contribution in [0, 0.1) is 0 Å². The predicted octanol–water partition coefficient (Wildman–Crippen LogP) is 2.11. The van der Waals surface area contributed by atoms with Gasteiger partial charge < -0.3 is 19.4 Å². The van der Waals surface area contributed by atoms with Crippen LogP contribution < -0.4 is 4.74 Å². The molecule has 1 aliphatic rings. The number of fused-ring (bicyclic) bond motifs is 1. The van der Waals surface area contributed by atoms with Gasteiger partial charge in [0, 0.05) is 11.1 Å². The van der Waals surface area contributed by atoms with E-state index in [1.165, 1.54) is 6.26 Å². The van der Waals surface area contributed by atoms with Gasteiger partial charge in [-0.1, -0.05) is 18.2 Å². The second-order valence-electron chi connectivity index (χ2n) is 4.07. The normalized spacial score (nSPS) is 24.7. The van der Waals surface area contributed by atoms with Crippen molar-refractivity contribution in [3.05, 3.63) is 59.6 Å². The minimum Gasteiger partial charge on any atom is -0.465 e. The van der Waals surface area contributed by atoms with E-state index in [1.54, 1.807) is 36.4 Å². The van der Waals surface area contributed by atoms with Crippen LogP contribution in [0.25, 0.3) is 6.08 Å². The van der Waals surface area contributed by atoms with Crippen molar-refractivity contribution >= 4 is 6.08 Å². The van der Waals surface area contributed by atoms with E-state index in [4.69, 9.17) is 9.15 Å². The van der Waals surface area contributed by atoms with E-state index in [0.29, 0.717) is 22.6 Å². The van der Waals surface area contributed by atoms with Crippen molar-refractivity contribution in [3.8, 4) is 5.75 Å². The highest BCUT2D eigenvalue weighted by molar-refractivity contribution is 5.54. The van der Waals surface area contributed by atoms with Crippen LogP contribution in [0.2, 0.25) is 0 Å². The molecule has 0 aliphatic carbocycles. The lowest BCUT2D eigenvalue weighted by Gasteiger charge is -2.28. The summed E-state index contributed by atoms with van der Waals surface area (Å²) in [5.74, 6) is 1.06. The fourth-order valence-corrected chi connectivity index (χ4v) is 2.00. The van der Waals surface area contributed by atoms with Crippen LogP contribution in [0.4, 0.5) is 0 Å². The number of hydrogen-bond acceptors (Lipinski definition) is 4. The van der Waals surface area contributed by atoms with E-state index in [-0.39, 0.29) is 0 Å². The molecule has 0 radical (unpaired) electrons. The first-order chi connectivity index (χ1) is 8.75. The molecule has 2 atom stereocenters. The predicted molar refractivity (Wildman–Crippen MR) is 64.7 cm³/mol. The van der Waals surface area contributed by atoms with E-state index in [0.717, 1.165) is 0 Å². The second kappa shape index (κ2) is 4.33. The van der Waals surface area contributed by atoms with Gasteiger partial charge >= 0.3 is 0 Å². The van der Waals surface area contributed by atoms with E-state index in [2.05, 4.69) is 0 Å². The Kier molecular flexibility index (Phi) is 2.66. The van der Waals surface area contributed by atoms with Crippen molar-refractivity contribution in [2.24, 2.45) is 0 Å². The maximum Gasteiger partial charge on any atom is 0.223 e. The smallest absolute Gasteiger partial charge is 0.223 e. The molecular weight excluding hydrogens is 232 g/mol. The maximum absolute atomic E-state index is 10.2. The molecular formula is C14H12O4. The molecule has 0 spiro atoms.